The third-order valence-corrected chi connectivity index (χ3v) is 4.36. The highest BCUT2D eigenvalue weighted by Gasteiger charge is 2.40. The summed E-state index contributed by atoms with van der Waals surface area (Å²) in [6.45, 7) is 5.76. The van der Waals surface area contributed by atoms with Gasteiger partial charge in [-0.25, -0.2) is 0 Å². The Balaban J connectivity index is 1.59. The van der Waals surface area contributed by atoms with E-state index in [4.69, 9.17) is 9.47 Å². The van der Waals surface area contributed by atoms with Crippen LogP contribution in [0.25, 0.3) is 0 Å². The van der Waals surface area contributed by atoms with E-state index >= 15 is 0 Å². The summed E-state index contributed by atoms with van der Waals surface area (Å²) in [5.74, 6) is -0.338. The third kappa shape index (κ3) is 2.88. The van der Waals surface area contributed by atoms with Crippen molar-refractivity contribution in [3.05, 3.63) is 35.9 Å². The summed E-state index contributed by atoms with van der Waals surface area (Å²) in [4.78, 5) is 2.29. The maximum atomic E-state index is 10.7. The minimum atomic E-state index is -0.816. The van der Waals surface area contributed by atoms with Crippen molar-refractivity contribution in [2.24, 2.45) is 0 Å². The van der Waals surface area contributed by atoms with Crippen molar-refractivity contribution >= 4 is 0 Å². The van der Waals surface area contributed by atoms with Crippen LogP contribution in [0.15, 0.2) is 30.3 Å². The predicted octanol–water partition coefficient (Wildman–Crippen LogP) is 1.73. The fraction of sp³-hybridized carbons (Fsp3) is 0.625. The highest BCUT2D eigenvalue weighted by molar-refractivity contribution is 5.21. The molecule has 1 aromatic rings. The van der Waals surface area contributed by atoms with E-state index in [1.807, 2.05) is 37.3 Å². The second-order valence-electron chi connectivity index (χ2n) is 6.02. The second-order valence-corrected chi connectivity index (χ2v) is 6.02. The van der Waals surface area contributed by atoms with Gasteiger partial charge in [0, 0.05) is 32.5 Å². The van der Waals surface area contributed by atoms with Crippen LogP contribution in [-0.2, 0) is 15.1 Å². The zero-order chi connectivity index (χ0) is 14.1. The number of β-amino-alcohol motifs (C(OH)–C–C–N with tert-alkyl or cyclic N) is 1. The van der Waals surface area contributed by atoms with Crippen molar-refractivity contribution in [3.8, 4) is 0 Å². The summed E-state index contributed by atoms with van der Waals surface area (Å²) in [7, 11) is 0. The molecule has 2 heterocycles. The van der Waals surface area contributed by atoms with Gasteiger partial charge in [0.25, 0.3) is 0 Å². The van der Waals surface area contributed by atoms with Crippen LogP contribution in [0.5, 0.6) is 0 Å². The minimum absolute atomic E-state index is 0.338. The average Bonchev–Trinajstić information content (AvgIpc) is 2.91. The van der Waals surface area contributed by atoms with Crippen molar-refractivity contribution < 1.29 is 14.6 Å². The summed E-state index contributed by atoms with van der Waals surface area (Å²) in [6, 6.07) is 9.87. The van der Waals surface area contributed by atoms with Crippen LogP contribution in [0.2, 0.25) is 0 Å². The Labute approximate surface area is 120 Å². The van der Waals surface area contributed by atoms with Gasteiger partial charge in [0.05, 0.1) is 18.8 Å². The van der Waals surface area contributed by atoms with Crippen molar-refractivity contribution in [1.29, 1.82) is 0 Å². The molecule has 0 aliphatic carbocycles. The molecule has 0 aromatic heterocycles. The first kappa shape index (κ1) is 14.0. The van der Waals surface area contributed by atoms with Crippen LogP contribution in [-0.4, -0.2) is 48.6 Å². The van der Waals surface area contributed by atoms with Crippen LogP contribution < -0.4 is 0 Å². The first-order chi connectivity index (χ1) is 9.60. The summed E-state index contributed by atoms with van der Waals surface area (Å²) in [5.41, 5.74) is 0.150. The van der Waals surface area contributed by atoms with E-state index < -0.39 is 5.60 Å². The number of aliphatic hydroxyl groups is 1. The van der Waals surface area contributed by atoms with Crippen LogP contribution >= 0.6 is 0 Å². The summed E-state index contributed by atoms with van der Waals surface area (Å²) < 4.78 is 11.5. The second kappa shape index (κ2) is 5.45. The van der Waals surface area contributed by atoms with E-state index in [1.54, 1.807) is 0 Å². The fourth-order valence-corrected chi connectivity index (χ4v) is 3.16. The lowest BCUT2D eigenvalue weighted by Gasteiger charge is -2.40. The van der Waals surface area contributed by atoms with E-state index in [0.717, 1.165) is 31.5 Å². The standard InChI is InChI=1S/C16H23NO3/c1-15(18,14-5-3-2-4-6-14)13-17-9-7-16(8-10-17)19-11-12-20-16/h2-6,18H,7-13H2,1H3. The zero-order valence-corrected chi connectivity index (χ0v) is 12.0. The first-order valence-electron chi connectivity index (χ1n) is 7.38. The maximum absolute atomic E-state index is 10.7. The zero-order valence-electron chi connectivity index (χ0n) is 12.0. The predicted molar refractivity (Wildman–Crippen MR) is 76.3 cm³/mol. The molecule has 0 radical (unpaired) electrons. The molecule has 3 rings (SSSR count). The Kier molecular flexibility index (Phi) is 3.82. The molecule has 1 atom stereocenters. The fourth-order valence-electron chi connectivity index (χ4n) is 3.16. The third-order valence-electron chi connectivity index (χ3n) is 4.36. The molecule has 1 aromatic carbocycles. The number of piperidine rings is 1. The van der Waals surface area contributed by atoms with E-state index in [9.17, 15) is 5.11 Å². The molecular formula is C16H23NO3. The molecule has 2 saturated heterocycles. The number of rotatable bonds is 3. The molecule has 0 saturated carbocycles. The summed E-state index contributed by atoms with van der Waals surface area (Å²) in [6.07, 6.45) is 1.77. The quantitative estimate of drug-likeness (QED) is 0.913. The molecule has 1 unspecified atom stereocenters. The Bertz CT molecular complexity index is 430. The van der Waals surface area contributed by atoms with Crippen molar-refractivity contribution in [3.63, 3.8) is 0 Å². The maximum Gasteiger partial charge on any atom is 0.170 e. The van der Waals surface area contributed by atoms with Gasteiger partial charge in [-0.1, -0.05) is 30.3 Å². The van der Waals surface area contributed by atoms with Crippen molar-refractivity contribution in [2.45, 2.75) is 31.2 Å². The lowest BCUT2D eigenvalue weighted by Crippen LogP contribution is -2.49. The number of nitrogens with zero attached hydrogens (tertiary/aromatic N) is 1. The molecule has 2 aliphatic rings. The highest BCUT2D eigenvalue weighted by atomic mass is 16.7. The lowest BCUT2D eigenvalue weighted by molar-refractivity contribution is -0.188. The molecule has 2 fully saturated rings. The topological polar surface area (TPSA) is 41.9 Å². The molecule has 1 N–H and O–H groups in total. The Morgan fingerprint density at radius 2 is 1.75 bits per heavy atom. The number of hydrogen-bond acceptors (Lipinski definition) is 4. The Hall–Kier alpha value is -0.940. The van der Waals surface area contributed by atoms with Gasteiger partial charge in [-0.05, 0) is 12.5 Å². The largest absolute Gasteiger partial charge is 0.384 e. The molecule has 0 bridgehead atoms. The van der Waals surface area contributed by atoms with Crippen molar-refractivity contribution in [2.75, 3.05) is 32.8 Å². The molecule has 110 valence electrons. The van der Waals surface area contributed by atoms with Crippen LogP contribution in [0.3, 0.4) is 0 Å². The lowest BCUT2D eigenvalue weighted by atomic mass is 9.94. The van der Waals surface area contributed by atoms with Gasteiger partial charge < -0.3 is 14.6 Å². The van der Waals surface area contributed by atoms with Crippen LogP contribution in [0, 0.1) is 0 Å². The van der Waals surface area contributed by atoms with Gasteiger partial charge in [-0.15, -0.1) is 0 Å². The van der Waals surface area contributed by atoms with Gasteiger partial charge >= 0.3 is 0 Å². The van der Waals surface area contributed by atoms with E-state index in [2.05, 4.69) is 4.90 Å². The minimum Gasteiger partial charge on any atom is -0.384 e. The van der Waals surface area contributed by atoms with Crippen molar-refractivity contribution in [1.82, 2.24) is 4.90 Å². The first-order valence-corrected chi connectivity index (χ1v) is 7.38. The highest BCUT2D eigenvalue weighted by Crippen LogP contribution is 2.32. The molecular weight excluding hydrogens is 254 g/mol. The van der Waals surface area contributed by atoms with Gasteiger partial charge in [-0.3, -0.25) is 4.90 Å². The number of likely N-dealkylation sites (tertiary alicyclic amines) is 1. The number of benzene rings is 1. The molecule has 4 heteroatoms. The molecule has 2 aliphatic heterocycles. The van der Waals surface area contributed by atoms with Crippen LogP contribution in [0.1, 0.15) is 25.3 Å². The number of hydrogen-bond donors (Lipinski definition) is 1. The molecule has 1 spiro atoms. The van der Waals surface area contributed by atoms with Gasteiger partial charge in [0.2, 0.25) is 0 Å². The smallest absolute Gasteiger partial charge is 0.170 e. The Morgan fingerprint density at radius 3 is 2.35 bits per heavy atom. The number of ether oxygens (including phenoxy) is 2. The summed E-state index contributed by atoms with van der Waals surface area (Å²) >= 11 is 0. The average molecular weight is 277 g/mol. The van der Waals surface area contributed by atoms with Crippen LogP contribution in [0.4, 0.5) is 0 Å². The Morgan fingerprint density at radius 1 is 1.15 bits per heavy atom. The van der Waals surface area contributed by atoms with E-state index in [-0.39, 0.29) is 5.79 Å². The molecule has 20 heavy (non-hydrogen) atoms. The molecule has 0 amide bonds. The van der Waals surface area contributed by atoms with Gasteiger partial charge in [0.15, 0.2) is 5.79 Å². The van der Waals surface area contributed by atoms with Gasteiger partial charge in [0.1, 0.15) is 0 Å². The SMILES string of the molecule is CC(O)(CN1CCC2(CC1)OCCO2)c1ccccc1. The van der Waals surface area contributed by atoms with E-state index in [1.165, 1.54) is 0 Å². The normalized spacial score (nSPS) is 25.7. The van der Waals surface area contributed by atoms with Gasteiger partial charge in [-0.2, -0.15) is 0 Å². The summed E-state index contributed by atoms with van der Waals surface area (Å²) in [5, 5.41) is 10.7. The van der Waals surface area contributed by atoms with E-state index in [0.29, 0.717) is 19.8 Å². The monoisotopic (exact) mass is 277 g/mol. The molecule has 4 nitrogen and oxygen atoms in total.